The van der Waals surface area contributed by atoms with Crippen LogP contribution < -0.4 is 5.32 Å². The van der Waals surface area contributed by atoms with Crippen LogP contribution in [-0.2, 0) is 4.74 Å². The van der Waals surface area contributed by atoms with Crippen molar-refractivity contribution in [2.75, 3.05) is 13.7 Å². The topological polar surface area (TPSA) is 51.2 Å². The quantitative estimate of drug-likeness (QED) is 0.848. The largest absolute Gasteiger partial charge is 0.383 e. The van der Waals surface area contributed by atoms with Gasteiger partial charge in [0.1, 0.15) is 10.3 Å². The minimum Gasteiger partial charge on any atom is -0.383 e. The maximum absolute atomic E-state index is 11.6. The number of amides is 1. The molecule has 0 bridgehead atoms. The lowest BCUT2D eigenvalue weighted by Gasteiger charge is -2.12. The van der Waals surface area contributed by atoms with Gasteiger partial charge in [-0.25, -0.2) is 4.98 Å². The highest BCUT2D eigenvalue weighted by Gasteiger charge is 2.10. The van der Waals surface area contributed by atoms with Crippen LogP contribution in [0.1, 0.15) is 17.4 Å². The van der Waals surface area contributed by atoms with Gasteiger partial charge in [-0.2, -0.15) is 0 Å². The lowest BCUT2D eigenvalue weighted by atomic mass is 10.3. The third kappa shape index (κ3) is 3.97. The van der Waals surface area contributed by atoms with Crippen LogP contribution in [0.3, 0.4) is 0 Å². The summed E-state index contributed by atoms with van der Waals surface area (Å²) in [4.78, 5) is 15.7. The fourth-order valence-electron chi connectivity index (χ4n) is 1.12. The number of carbonyl (C=O) groups excluding carboxylic acids is 1. The van der Waals surface area contributed by atoms with Crippen molar-refractivity contribution in [3.8, 4) is 0 Å². The monoisotopic (exact) mass is 272 g/mol. The van der Waals surface area contributed by atoms with Gasteiger partial charge >= 0.3 is 0 Å². The number of carbonyl (C=O) groups is 1. The summed E-state index contributed by atoms with van der Waals surface area (Å²) in [5, 5.41) is 2.78. The van der Waals surface area contributed by atoms with E-state index in [4.69, 9.17) is 4.74 Å². The molecule has 1 unspecified atom stereocenters. The Balaban J connectivity index is 2.61. The Morgan fingerprint density at radius 3 is 3.00 bits per heavy atom. The van der Waals surface area contributed by atoms with Gasteiger partial charge in [0.15, 0.2) is 0 Å². The molecule has 0 spiro atoms. The van der Waals surface area contributed by atoms with Gasteiger partial charge in [-0.1, -0.05) is 6.07 Å². The number of ether oxygens (including phenoxy) is 1. The van der Waals surface area contributed by atoms with Crippen molar-refractivity contribution in [3.63, 3.8) is 0 Å². The third-order valence-electron chi connectivity index (χ3n) is 1.74. The molecule has 0 aliphatic heterocycles. The SMILES string of the molecule is COCC(C)NC(=O)c1cccc(Br)n1. The van der Waals surface area contributed by atoms with E-state index in [-0.39, 0.29) is 11.9 Å². The number of rotatable bonds is 4. The average Bonchev–Trinajstić information content (AvgIpc) is 2.18. The molecule has 0 aromatic carbocycles. The van der Waals surface area contributed by atoms with E-state index < -0.39 is 0 Å². The normalized spacial score (nSPS) is 12.2. The summed E-state index contributed by atoms with van der Waals surface area (Å²) < 4.78 is 5.57. The lowest BCUT2D eigenvalue weighted by molar-refractivity contribution is 0.0900. The molecule has 1 aromatic rings. The molecule has 0 fully saturated rings. The van der Waals surface area contributed by atoms with Gasteiger partial charge in [0.2, 0.25) is 0 Å². The van der Waals surface area contributed by atoms with Gasteiger partial charge < -0.3 is 10.1 Å². The number of pyridine rings is 1. The standard InChI is InChI=1S/C10H13BrN2O2/c1-7(6-15-2)12-10(14)8-4-3-5-9(11)13-8/h3-5,7H,6H2,1-2H3,(H,12,14). The van der Waals surface area contributed by atoms with E-state index in [2.05, 4.69) is 26.2 Å². The predicted octanol–water partition coefficient (Wildman–Crippen LogP) is 1.61. The molecular weight excluding hydrogens is 260 g/mol. The molecule has 82 valence electrons. The van der Waals surface area contributed by atoms with Crippen LogP contribution in [0, 0.1) is 0 Å². The number of nitrogens with zero attached hydrogens (tertiary/aromatic N) is 1. The summed E-state index contributed by atoms with van der Waals surface area (Å²) in [6.45, 7) is 2.36. The molecule has 1 aromatic heterocycles. The Labute approximate surface area is 97.2 Å². The fourth-order valence-corrected chi connectivity index (χ4v) is 1.47. The van der Waals surface area contributed by atoms with Gasteiger partial charge in [-0.15, -0.1) is 0 Å². The van der Waals surface area contributed by atoms with Crippen LogP contribution in [0.15, 0.2) is 22.8 Å². The summed E-state index contributed by atoms with van der Waals surface area (Å²) in [5.74, 6) is -0.194. The maximum Gasteiger partial charge on any atom is 0.270 e. The van der Waals surface area contributed by atoms with E-state index in [1.165, 1.54) is 0 Å². The Morgan fingerprint density at radius 1 is 1.67 bits per heavy atom. The number of methoxy groups -OCH3 is 1. The summed E-state index contributed by atoms with van der Waals surface area (Å²) >= 11 is 3.21. The van der Waals surface area contributed by atoms with Crippen molar-refractivity contribution in [1.82, 2.24) is 10.3 Å². The summed E-state index contributed by atoms with van der Waals surface area (Å²) in [7, 11) is 1.60. The molecule has 1 atom stereocenters. The van der Waals surface area contributed by atoms with Gasteiger partial charge in [0, 0.05) is 13.2 Å². The van der Waals surface area contributed by atoms with Crippen LogP contribution in [0.25, 0.3) is 0 Å². The summed E-state index contributed by atoms with van der Waals surface area (Å²) in [5.41, 5.74) is 0.396. The summed E-state index contributed by atoms with van der Waals surface area (Å²) in [6.07, 6.45) is 0. The van der Waals surface area contributed by atoms with E-state index in [0.717, 1.165) is 0 Å². The van der Waals surface area contributed by atoms with Crippen molar-refractivity contribution in [3.05, 3.63) is 28.5 Å². The zero-order chi connectivity index (χ0) is 11.3. The van der Waals surface area contributed by atoms with Crippen molar-refractivity contribution in [2.24, 2.45) is 0 Å². The second-order valence-electron chi connectivity index (χ2n) is 3.18. The molecule has 0 radical (unpaired) electrons. The Bertz CT molecular complexity index is 344. The van der Waals surface area contributed by atoms with Crippen LogP contribution >= 0.6 is 15.9 Å². The highest BCUT2D eigenvalue weighted by Crippen LogP contribution is 2.06. The fraction of sp³-hybridized carbons (Fsp3) is 0.400. The lowest BCUT2D eigenvalue weighted by Crippen LogP contribution is -2.36. The van der Waals surface area contributed by atoms with Crippen molar-refractivity contribution in [1.29, 1.82) is 0 Å². The van der Waals surface area contributed by atoms with Gasteiger partial charge in [-0.3, -0.25) is 4.79 Å². The molecule has 0 aliphatic carbocycles. The highest BCUT2D eigenvalue weighted by atomic mass is 79.9. The number of halogens is 1. The zero-order valence-corrected chi connectivity index (χ0v) is 10.2. The van der Waals surface area contributed by atoms with E-state index >= 15 is 0 Å². The molecular formula is C10H13BrN2O2. The van der Waals surface area contributed by atoms with E-state index in [0.29, 0.717) is 16.9 Å². The molecule has 1 rings (SSSR count). The van der Waals surface area contributed by atoms with E-state index in [9.17, 15) is 4.79 Å². The van der Waals surface area contributed by atoms with Crippen molar-refractivity contribution < 1.29 is 9.53 Å². The first-order chi connectivity index (χ1) is 7.13. The first kappa shape index (κ1) is 12.1. The second-order valence-corrected chi connectivity index (χ2v) is 3.99. The van der Waals surface area contributed by atoms with Crippen molar-refractivity contribution >= 4 is 21.8 Å². The minimum absolute atomic E-state index is 0.0247. The molecule has 1 heterocycles. The Hall–Kier alpha value is -0.940. The number of aromatic nitrogens is 1. The van der Waals surface area contributed by atoms with Crippen molar-refractivity contribution in [2.45, 2.75) is 13.0 Å². The molecule has 0 saturated heterocycles. The zero-order valence-electron chi connectivity index (χ0n) is 8.66. The number of hydrogen-bond acceptors (Lipinski definition) is 3. The average molecular weight is 273 g/mol. The molecule has 1 N–H and O–H groups in total. The van der Waals surface area contributed by atoms with Crippen LogP contribution in [0.4, 0.5) is 0 Å². The Morgan fingerprint density at radius 2 is 2.40 bits per heavy atom. The molecule has 0 saturated carbocycles. The van der Waals surface area contributed by atoms with Crippen LogP contribution in [-0.4, -0.2) is 30.6 Å². The molecule has 0 aliphatic rings. The van der Waals surface area contributed by atoms with E-state index in [1.807, 2.05) is 6.92 Å². The third-order valence-corrected chi connectivity index (χ3v) is 2.18. The number of nitrogens with one attached hydrogen (secondary N) is 1. The molecule has 5 heteroatoms. The Kier molecular flexibility index (Phi) is 4.71. The van der Waals surface area contributed by atoms with Crippen LogP contribution in [0.2, 0.25) is 0 Å². The first-order valence-corrected chi connectivity index (χ1v) is 5.35. The molecule has 15 heavy (non-hydrogen) atoms. The first-order valence-electron chi connectivity index (χ1n) is 4.56. The maximum atomic E-state index is 11.6. The molecule has 1 amide bonds. The highest BCUT2D eigenvalue weighted by molar-refractivity contribution is 9.10. The number of hydrogen-bond donors (Lipinski definition) is 1. The van der Waals surface area contributed by atoms with Crippen LogP contribution in [0.5, 0.6) is 0 Å². The van der Waals surface area contributed by atoms with Gasteiger partial charge in [-0.05, 0) is 35.0 Å². The minimum atomic E-state index is -0.194. The van der Waals surface area contributed by atoms with E-state index in [1.54, 1.807) is 25.3 Å². The molecule has 4 nitrogen and oxygen atoms in total. The van der Waals surface area contributed by atoms with Gasteiger partial charge in [0.25, 0.3) is 5.91 Å². The van der Waals surface area contributed by atoms with Gasteiger partial charge in [0.05, 0.1) is 6.61 Å². The second kappa shape index (κ2) is 5.82. The smallest absolute Gasteiger partial charge is 0.270 e. The summed E-state index contributed by atoms with van der Waals surface area (Å²) in [6, 6.07) is 5.19. The predicted molar refractivity (Wildman–Crippen MR) is 60.7 cm³/mol.